The predicted octanol–water partition coefficient (Wildman–Crippen LogP) is 3.78. The lowest BCUT2D eigenvalue weighted by Crippen LogP contribution is -2.30. The molecule has 3 heterocycles. The molecule has 0 saturated carbocycles. The van der Waals surface area contributed by atoms with E-state index in [1.807, 2.05) is 21.6 Å². The Bertz CT molecular complexity index is 931. The molecule has 0 amide bonds. The van der Waals surface area contributed by atoms with E-state index in [1.165, 1.54) is 41.7 Å². The molecule has 1 atom stereocenters. The standard InChI is InChI=1S/C18H14N2O4S2.ClH/c21-11-1-2-13-12(9-11)16(22)15(18-25-7-8-26-18)17(23)14(24-13)3-5-20-6-4-19-10-20;/h1-2,4,6-10,14,21H,3,5H2;1H. The number of aromatic nitrogens is 2. The number of halogens is 1. The number of rotatable bonds is 3. The number of Topliss-reactive ketones (excluding diaryl/α,β-unsaturated/α-hetero) is 2. The maximum Gasteiger partial charge on any atom is 0.209 e. The van der Waals surface area contributed by atoms with Gasteiger partial charge in [-0.25, -0.2) is 4.98 Å². The Kier molecular flexibility index (Phi) is 5.98. The summed E-state index contributed by atoms with van der Waals surface area (Å²) < 4.78 is 8.40. The molecule has 1 N–H and O–H groups in total. The van der Waals surface area contributed by atoms with Crippen LogP contribution in [0.3, 0.4) is 0 Å². The van der Waals surface area contributed by atoms with Crippen molar-refractivity contribution in [3.05, 3.63) is 63.1 Å². The first-order chi connectivity index (χ1) is 12.6. The number of phenolic OH excluding ortho intramolecular Hbond substituents is 1. The summed E-state index contributed by atoms with van der Waals surface area (Å²) in [5.74, 6) is -0.471. The van der Waals surface area contributed by atoms with Gasteiger partial charge in [0.1, 0.15) is 11.5 Å². The minimum Gasteiger partial charge on any atom is -0.508 e. The van der Waals surface area contributed by atoms with Gasteiger partial charge in [0, 0.05) is 25.4 Å². The van der Waals surface area contributed by atoms with Gasteiger partial charge in [-0.1, -0.05) is 23.5 Å². The molecule has 2 aliphatic rings. The number of fused-ring (bicyclic) bond motifs is 1. The van der Waals surface area contributed by atoms with Crippen LogP contribution in [-0.4, -0.2) is 32.3 Å². The molecule has 27 heavy (non-hydrogen) atoms. The molecule has 0 radical (unpaired) electrons. The minimum absolute atomic E-state index is 0. The quantitative estimate of drug-likeness (QED) is 0.595. The maximum atomic E-state index is 13.1. The van der Waals surface area contributed by atoms with E-state index < -0.39 is 11.9 Å². The number of thioether (sulfide) groups is 2. The normalized spacial score (nSPS) is 18.7. The van der Waals surface area contributed by atoms with E-state index in [-0.39, 0.29) is 35.1 Å². The smallest absolute Gasteiger partial charge is 0.209 e. The van der Waals surface area contributed by atoms with Gasteiger partial charge >= 0.3 is 0 Å². The minimum atomic E-state index is -0.781. The average Bonchev–Trinajstić information content (AvgIpc) is 3.32. The lowest BCUT2D eigenvalue weighted by Gasteiger charge is -2.16. The maximum absolute atomic E-state index is 13.1. The molecule has 0 spiro atoms. The van der Waals surface area contributed by atoms with Crippen molar-refractivity contribution < 1.29 is 19.4 Å². The number of hydrogen-bond donors (Lipinski definition) is 1. The van der Waals surface area contributed by atoms with Crippen molar-refractivity contribution in [1.82, 2.24) is 9.55 Å². The van der Waals surface area contributed by atoms with Crippen molar-refractivity contribution in [2.24, 2.45) is 0 Å². The van der Waals surface area contributed by atoms with Gasteiger partial charge in [0.25, 0.3) is 0 Å². The van der Waals surface area contributed by atoms with Gasteiger partial charge in [-0.15, -0.1) is 12.4 Å². The summed E-state index contributed by atoms with van der Waals surface area (Å²) in [4.78, 5) is 30.1. The fraction of sp³-hybridized carbons (Fsp3) is 0.167. The Morgan fingerprint density at radius 3 is 2.70 bits per heavy atom. The fourth-order valence-corrected chi connectivity index (χ4v) is 4.68. The van der Waals surface area contributed by atoms with Crippen LogP contribution in [0.5, 0.6) is 11.5 Å². The molecule has 0 fully saturated rings. The molecular formula is C18H15ClN2O4S2. The first-order valence-electron chi connectivity index (χ1n) is 7.90. The number of phenols is 1. The third-order valence-corrected chi connectivity index (χ3v) is 6.19. The summed E-state index contributed by atoms with van der Waals surface area (Å²) in [6.07, 6.45) is 4.77. The second-order valence-electron chi connectivity index (χ2n) is 5.74. The van der Waals surface area contributed by atoms with Crippen molar-refractivity contribution in [3.63, 3.8) is 0 Å². The second-order valence-corrected chi connectivity index (χ2v) is 7.83. The molecule has 0 saturated heterocycles. The number of ketones is 2. The van der Waals surface area contributed by atoms with E-state index in [0.29, 0.717) is 23.0 Å². The Morgan fingerprint density at radius 1 is 1.22 bits per heavy atom. The number of carbonyl (C=O) groups excluding carboxylic acids is 2. The van der Waals surface area contributed by atoms with Crippen molar-refractivity contribution >= 4 is 47.5 Å². The molecule has 1 aromatic heterocycles. The molecule has 1 aromatic carbocycles. The zero-order valence-electron chi connectivity index (χ0n) is 13.9. The van der Waals surface area contributed by atoms with Gasteiger partial charge in [-0.05, 0) is 29.0 Å². The van der Waals surface area contributed by atoms with E-state index >= 15 is 0 Å². The molecule has 2 aliphatic heterocycles. The molecule has 6 nitrogen and oxygen atoms in total. The van der Waals surface area contributed by atoms with E-state index in [4.69, 9.17) is 4.74 Å². The summed E-state index contributed by atoms with van der Waals surface area (Å²) in [7, 11) is 0. The molecule has 9 heteroatoms. The molecule has 0 aliphatic carbocycles. The van der Waals surface area contributed by atoms with Gasteiger partial charge in [-0.3, -0.25) is 9.59 Å². The van der Waals surface area contributed by atoms with Gasteiger partial charge in [0.2, 0.25) is 11.6 Å². The van der Waals surface area contributed by atoms with Crippen molar-refractivity contribution in [2.75, 3.05) is 0 Å². The summed E-state index contributed by atoms with van der Waals surface area (Å²) in [5.41, 5.74) is 0.337. The first-order valence-corrected chi connectivity index (χ1v) is 9.66. The number of benzene rings is 1. The van der Waals surface area contributed by atoms with Crippen LogP contribution in [0.1, 0.15) is 16.8 Å². The van der Waals surface area contributed by atoms with Crippen molar-refractivity contribution in [1.29, 1.82) is 0 Å². The summed E-state index contributed by atoms with van der Waals surface area (Å²) in [5, 5.41) is 13.4. The van der Waals surface area contributed by atoms with E-state index in [9.17, 15) is 14.7 Å². The van der Waals surface area contributed by atoms with Gasteiger partial charge in [0.15, 0.2) is 6.10 Å². The number of aromatic hydroxyl groups is 1. The topological polar surface area (TPSA) is 81.4 Å². The Balaban J connectivity index is 0.00000210. The number of aryl methyl sites for hydroxylation is 1. The molecule has 2 aromatic rings. The van der Waals surface area contributed by atoms with Crippen LogP contribution in [0.4, 0.5) is 0 Å². The van der Waals surface area contributed by atoms with E-state index in [2.05, 4.69) is 4.98 Å². The van der Waals surface area contributed by atoms with Gasteiger partial charge in [0.05, 0.1) is 21.7 Å². The lowest BCUT2D eigenvalue weighted by molar-refractivity contribution is -0.121. The third-order valence-electron chi connectivity index (χ3n) is 4.06. The van der Waals surface area contributed by atoms with Crippen molar-refractivity contribution in [2.45, 2.75) is 19.1 Å². The van der Waals surface area contributed by atoms with Crippen LogP contribution in [0, 0.1) is 0 Å². The van der Waals surface area contributed by atoms with Crippen molar-refractivity contribution in [3.8, 4) is 11.5 Å². The van der Waals surface area contributed by atoms with Crippen LogP contribution in [-0.2, 0) is 11.3 Å². The van der Waals surface area contributed by atoms with Gasteiger partial charge in [-0.2, -0.15) is 0 Å². The highest BCUT2D eigenvalue weighted by Crippen LogP contribution is 2.43. The highest BCUT2D eigenvalue weighted by Gasteiger charge is 2.37. The highest BCUT2D eigenvalue weighted by molar-refractivity contribution is 8.27. The summed E-state index contributed by atoms with van der Waals surface area (Å²) in [6.45, 7) is 0.541. The summed E-state index contributed by atoms with van der Waals surface area (Å²) in [6, 6.07) is 4.32. The Morgan fingerprint density at radius 2 is 2.00 bits per heavy atom. The zero-order valence-corrected chi connectivity index (χ0v) is 16.4. The van der Waals surface area contributed by atoms with Gasteiger partial charge < -0.3 is 14.4 Å². The largest absolute Gasteiger partial charge is 0.508 e. The predicted molar refractivity (Wildman–Crippen MR) is 107 cm³/mol. The zero-order chi connectivity index (χ0) is 18.1. The molecular weight excluding hydrogens is 408 g/mol. The third kappa shape index (κ3) is 3.92. The van der Waals surface area contributed by atoms with Crippen LogP contribution >= 0.6 is 35.9 Å². The average molecular weight is 423 g/mol. The lowest BCUT2D eigenvalue weighted by atomic mass is 9.98. The monoisotopic (exact) mass is 422 g/mol. The number of ether oxygens (including phenoxy) is 1. The van der Waals surface area contributed by atoms with Crippen LogP contribution in [0.2, 0.25) is 0 Å². The number of imidazole rings is 1. The fourth-order valence-electron chi connectivity index (χ4n) is 2.81. The molecule has 4 rings (SSSR count). The van der Waals surface area contributed by atoms with E-state index in [0.717, 1.165) is 0 Å². The van der Waals surface area contributed by atoms with Crippen LogP contribution in [0.25, 0.3) is 0 Å². The van der Waals surface area contributed by atoms with Crippen LogP contribution < -0.4 is 4.74 Å². The summed E-state index contributed by atoms with van der Waals surface area (Å²) >= 11 is 2.70. The molecule has 1 unspecified atom stereocenters. The Hall–Kier alpha value is -2.16. The number of carbonyl (C=O) groups is 2. The first kappa shape index (κ1) is 19.6. The molecule has 140 valence electrons. The highest BCUT2D eigenvalue weighted by atomic mass is 35.5. The number of nitrogens with zero attached hydrogens (tertiary/aromatic N) is 2. The molecule has 0 bridgehead atoms. The van der Waals surface area contributed by atoms with Crippen LogP contribution in [0.15, 0.2) is 57.5 Å². The second kappa shape index (κ2) is 8.24. The Labute approximate surface area is 170 Å². The number of hydrogen-bond acceptors (Lipinski definition) is 7. The van der Waals surface area contributed by atoms with E-state index in [1.54, 1.807) is 12.5 Å². The SMILES string of the molecule is Cl.O=C1C(=C2SC=CS2)C(=O)C(CCn2ccnc2)Oc2ccc(O)cc21.